The molecular weight excluding hydrogens is 239 g/mol. The molecule has 0 radical (unpaired) electrons. The lowest BCUT2D eigenvalue weighted by Gasteiger charge is -1.93. The molecule has 0 aliphatic heterocycles. The van der Waals surface area contributed by atoms with Gasteiger partial charge in [0.2, 0.25) is 0 Å². The molecule has 3 nitrogen and oxygen atoms in total. The van der Waals surface area contributed by atoms with E-state index in [4.69, 9.17) is 9.05 Å². The molecule has 14 heavy (non-hydrogen) atoms. The molecule has 0 fully saturated rings. The monoisotopic (exact) mass is 257 g/mol. The molecule has 0 rings (SSSR count). The van der Waals surface area contributed by atoms with E-state index < -0.39 is 8.25 Å². The maximum atomic E-state index is 11.1. The molecule has 0 aliphatic rings. The highest BCUT2D eigenvalue weighted by molar-refractivity contribution is 7.99. The first-order chi connectivity index (χ1) is 6.81. The average Bonchev–Trinajstić information content (AvgIpc) is 2.19. The molecule has 84 valence electrons. The van der Waals surface area contributed by atoms with Gasteiger partial charge in [-0.25, -0.2) is 0 Å². The Kier molecular flexibility index (Phi) is 12.4. The Balaban J connectivity index is 3.11. The van der Waals surface area contributed by atoms with E-state index in [1.54, 1.807) is 23.5 Å². The van der Waals surface area contributed by atoms with E-state index in [-0.39, 0.29) is 0 Å². The SMILES string of the molecule is CCSCCO[P+](=O)OCCSCC. The Bertz CT molecular complexity index is 133. The van der Waals surface area contributed by atoms with Crippen molar-refractivity contribution in [2.45, 2.75) is 13.8 Å². The van der Waals surface area contributed by atoms with Gasteiger partial charge in [-0.3, -0.25) is 0 Å². The van der Waals surface area contributed by atoms with Crippen LogP contribution in [0.15, 0.2) is 0 Å². The first kappa shape index (κ1) is 14.7. The summed E-state index contributed by atoms with van der Waals surface area (Å²) < 4.78 is 21.0. The van der Waals surface area contributed by atoms with Gasteiger partial charge in [0.05, 0.1) is 0 Å². The van der Waals surface area contributed by atoms with Gasteiger partial charge in [0.15, 0.2) is 0 Å². The number of rotatable bonds is 10. The van der Waals surface area contributed by atoms with Crippen LogP contribution in [0.2, 0.25) is 0 Å². The Morgan fingerprint density at radius 2 is 1.43 bits per heavy atom. The van der Waals surface area contributed by atoms with Gasteiger partial charge in [-0.1, -0.05) is 13.8 Å². The summed E-state index contributed by atoms with van der Waals surface area (Å²) in [5, 5.41) is 0. The lowest BCUT2D eigenvalue weighted by Crippen LogP contribution is -1.95. The fourth-order valence-corrected chi connectivity index (χ4v) is 2.45. The molecule has 0 heterocycles. The zero-order valence-corrected chi connectivity index (χ0v) is 11.3. The summed E-state index contributed by atoms with van der Waals surface area (Å²) in [6.07, 6.45) is 0. The predicted molar refractivity (Wildman–Crippen MR) is 65.5 cm³/mol. The molecule has 0 unspecified atom stereocenters. The maximum absolute atomic E-state index is 11.1. The molecule has 0 aromatic rings. The van der Waals surface area contributed by atoms with Crippen LogP contribution in [0.1, 0.15) is 13.8 Å². The van der Waals surface area contributed by atoms with Crippen LogP contribution in [-0.2, 0) is 13.6 Å². The maximum Gasteiger partial charge on any atom is 0.697 e. The molecule has 0 bridgehead atoms. The van der Waals surface area contributed by atoms with E-state index in [2.05, 4.69) is 13.8 Å². The second-order valence-electron chi connectivity index (χ2n) is 2.28. The van der Waals surface area contributed by atoms with E-state index in [1.165, 1.54) is 0 Å². The largest absolute Gasteiger partial charge is 0.697 e. The summed E-state index contributed by atoms with van der Waals surface area (Å²) in [5.74, 6) is 3.89. The van der Waals surface area contributed by atoms with Gasteiger partial charge in [0.25, 0.3) is 0 Å². The van der Waals surface area contributed by atoms with E-state index in [9.17, 15) is 4.57 Å². The van der Waals surface area contributed by atoms with Crippen molar-refractivity contribution >= 4 is 31.8 Å². The quantitative estimate of drug-likeness (QED) is 0.443. The van der Waals surface area contributed by atoms with Gasteiger partial charge in [0, 0.05) is 16.1 Å². The molecule has 6 heteroatoms. The van der Waals surface area contributed by atoms with Crippen molar-refractivity contribution in [2.75, 3.05) is 36.2 Å². The van der Waals surface area contributed by atoms with E-state index in [0.29, 0.717) is 13.2 Å². The van der Waals surface area contributed by atoms with Gasteiger partial charge in [0.1, 0.15) is 13.2 Å². The summed E-state index contributed by atoms with van der Waals surface area (Å²) in [5.41, 5.74) is 0. The first-order valence-corrected chi connectivity index (χ1v) is 8.10. The van der Waals surface area contributed by atoms with E-state index in [0.717, 1.165) is 23.0 Å². The van der Waals surface area contributed by atoms with Crippen LogP contribution in [-0.4, -0.2) is 36.2 Å². The van der Waals surface area contributed by atoms with Crippen molar-refractivity contribution < 1.29 is 13.6 Å². The molecule has 0 atom stereocenters. The van der Waals surface area contributed by atoms with Crippen molar-refractivity contribution in [1.82, 2.24) is 0 Å². The Hall–Kier alpha value is 0.720. The average molecular weight is 257 g/mol. The highest BCUT2D eigenvalue weighted by Gasteiger charge is 2.18. The van der Waals surface area contributed by atoms with Crippen LogP contribution in [0.5, 0.6) is 0 Å². The number of hydrogen-bond donors (Lipinski definition) is 0. The number of thioether (sulfide) groups is 2. The van der Waals surface area contributed by atoms with Crippen molar-refractivity contribution in [3.8, 4) is 0 Å². The third kappa shape index (κ3) is 10.8. The molecule has 0 aliphatic carbocycles. The molecular formula is C8H18O3PS2+. The van der Waals surface area contributed by atoms with Gasteiger partial charge >= 0.3 is 8.25 Å². The van der Waals surface area contributed by atoms with Crippen LogP contribution >= 0.6 is 31.8 Å². The van der Waals surface area contributed by atoms with Gasteiger partial charge < -0.3 is 0 Å². The molecule has 0 spiro atoms. The molecule has 0 aromatic heterocycles. The van der Waals surface area contributed by atoms with E-state index in [1.807, 2.05) is 0 Å². The minimum absolute atomic E-state index is 0.509. The van der Waals surface area contributed by atoms with Crippen molar-refractivity contribution in [2.24, 2.45) is 0 Å². The fraction of sp³-hybridized carbons (Fsp3) is 1.00. The molecule has 0 aromatic carbocycles. The predicted octanol–water partition coefficient (Wildman–Crippen LogP) is 3.18. The zero-order valence-electron chi connectivity index (χ0n) is 8.73. The van der Waals surface area contributed by atoms with Gasteiger partial charge in [-0.15, -0.1) is 9.05 Å². The molecule has 0 saturated heterocycles. The van der Waals surface area contributed by atoms with E-state index >= 15 is 0 Å². The normalized spacial score (nSPS) is 10.4. The van der Waals surface area contributed by atoms with Crippen LogP contribution in [0.25, 0.3) is 0 Å². The fourth-order valence-electron chi connectivity index (χ4n) is 0.667. The lowest BCUT2D eigenvalue weighted by molar-refractivity contribution is 0.246. The highest BCUT2D eigenvalue weighted by atomic mass is 32.2. The molecule has 0 amide bonds. The van der Waals surface area contributed by atoms with Crippen molar-refractivity contribution in [3.05, 3.63) is 0 Å². The Labute approximate surface area is 95.6 Å². The summed E-state index contributed by atoms with van der Waals surface area (Å²) in [6, 6.07) is 0. The standard InChI is InChI=1S/C8H18O3PS2/c1-3-13-7-5-10-12(9)11-6-8-14-4-2/h3-8H2,1-2H3/q+1. The minimum Gasteiger partial charge on any atom is -0.160 e. The summed E-state index contributed by atoms with van der Waals surface area (Å²) in [4.78, 5) is 0. The third-order valence-corrected chi connectivity index (χ3v) is 3.77. The first-order valence-electron chi connectivity index (χ1n) is 4.69. The summed E-state index contributed by atoms with van der Waals surface area (Å²) >= 11 is 3.54. The topological polar surface area (TPSA) is 35.5 Å². The smallest absolute Gasteiger partial charge is 0.160 e. The second kappa shape index (κ2) is 11.8. The zero-order chi connectivity index (χ0) is 10.6. The van der Waals surface area contributed by atoms with Crippen LogP contribution < -0.4 is 0 Å². The highest BCUT2D eigenvalue weighted by Crippen LogP contribution is 2.23. The van der Waals surface area contributed by atoms with Gasteiger partial charge in [-0.2, -0.15) is 23.5 Å². The third-order valence-electron chi connectivity index (χ3n) is 1.26. The van der Waals surface area contributed by atoms with Crippen LogP contribution in [0.4, 0.5) is 0 Å². The van der Waals surface area contributed by atoms with Crippen LogP contribution in [0, 0.1) is 0 Å². The Morgan fingerprint density at radius 3 is 1.79 bits per heavy atom. The minimum atomic E-state index is -1.89. The Morgan fingerprint density at radius 1 is 1.00 bits per heavy atom. The molecule has 0 saturated carbocycles. The summed E-state index contributed by atoms with van der Waals surface area (Å²) in [7, 11) is -1.89. The lowest BCUT2D eigenvalue weighted by atomic mass is 10.9. The molecule has 0 N–H and O–H groups in total. The second-order valence-corrected chi connectivity index (χ2v) is 6.04. The van der Waals surface area contributed by atoms with Gasteiger partial charge in [-0.05, 0) is 11.5 Å². The number of hydrogen-bond acceptors (Lipinski definition) is 5. The van der Waals surface area contributed by atoms with Crippen molar-refractivity contribution in [3.63, 3.8) is 0 Å². The summed E-state index contributed by atoms with van der Waals surface area (Å²) in [6.45, 7) is 5.19. The van der Waals surface area contributed by atoms with Crippen molar-refractivity contribution in [1.29, 1.82) is 0 Å². The van der Waals surface area contributed by atoms with Crippen LogP contribution in [0.3, 0.4) is 0 Å².